The Labute approximate surface area is 140 Å². The van der Waals surface area contributed by atoms with E-state index < -0.39 is 5.97 Å². The van der Waals surface area contributed by atoms with Gasteiger partial charge in [-0.3, -0.25) is 0 Å². The molecule has 0 aliphatic heterocycles. The van der Waals surface area contributed by atoms with E-state index in [0.29, 0.717) is 17.4 Å². The van der Waals surface area contributed by atoms with Crippen molar-refractivity contribution in [2.24, 2.45) is 0 Å². The van der Waals surface area contributed by atoms with Crippen molar-refractivity contribution in [3.05, 3.63) is 52.9 Å². The third-order valence-electron chi connectivity index (χ3n) is 4.62. The highest BCUT2D eigenvalue weighted by Gasteiger charge is 2.30. The largest absolute Gasteiger partial charge is 0.478 e. The first-order valence-corrected chi connectivity index (χ1v) is 8.51. The van der Waals surface area contributed by atoms with Gasteiger partial charge in [-0.1, -0.05) is 18.2 Å². The maximum atomic E-state index is 10.7. The van der Waals surface area contributed by atoms with E-state index in [1.54, 1.807) is 13.0 Å². The van der Waals surface area contributed by atoms with Crippen molar-refractivity contribution in [1.29, 1.82) is 0 Å². The highest BCUT2D eigenvalue weighted by Crippen LogP contribution is 2.44. The summed E-state index contributed by atoms with van der Waals surface area (Å²) in [6, 6.07) is 6.26. The maximum absolute atomic E-state index is 10.7. The Hall–Kier alpha value is -2.49. The highest BCUT2D eigenvalue weighted by molar-refractivity contribution is 5.82. The SMILES string of the molecule is CC(/C=C/c1nc2cccc(C3CC3)c2nc1C1CC1)=C\C(=O)O. The van der Waals surface area contributed by atoms with E-state index in [-0.39, 0.29) is 0 Å². The normalized spacial score (nSPS) is 18.5. The lowest BCUT2D eigenvalue weighted by Crippen LogP contribution is -1.99. The number of nitrogens with zero attached hydrogens (tertiary/aromatic N) is 2. The summed E-state index contributed by atoms with van der Waals surface area (Å²) in [5, 5.41) is 8.83. The number of carboxylic acids is 1. The molecule has 2 saturated carbocycles. The monoisotopic (exact) mass is 320 g/mol. The molecule has 2 aromatic rings. The van der Waals surface area contributed by atoms with Gasteiger partial charge in [-0.15, -0.1) is 0 Å². The number of aromatic nitrogens is 2. The smallest absolute Gasteiger partial charge is 0.328 e. The third kappa shape index (κ3) is 3.09. The fourth-order valence-corrected chi connectivity index (χ4v) is 3.08. The van der Waals surface area contributed by atoms with Crippen LogP contribution in [0.4, 0.5) is 0 Å². The molecule has 4 rings (SSSR count). The van der Waals surface area contributed by atoms with Gasteiger partial charge in [-0.2, -0.15) is 0 Å². The summed E-state index contributed by atoms with van der Waals surface area (Å²) in [6.07, 6.45) is 9.74. The molecular weight excluding hydrogens is 300 g/mol. The molecule has 1 aromatic carbocycles. The van der Waals surface area contributed by atoms with Crippen LogP contribution in [0.25, 0.3) is 17.1 Å². The Morgan fingerprint density at radius 2 is 1.92 bits per heavy atom. The fraction of sp³-hybridized carbons (Fsp3) is 0.350. The standard InChI is InChI=1S/C20H20N2O2/c1-12(11-18(23)24)5-10-17-19(14-8-9-14)22-20-15(13-6-7-13)3-2-4-16(20)21-17/h2-5,10-11,13-14H,6-9H2,1H3,(H,23,24)/b10-5+,12-11+. The molecule has 0 spiro atoms. The van der Waals surface area contributed by atoms with Gasteiger partial charge in [0.1, 0.15) is 0 Å². The lowest BCUT2D eigenvalue weighted by atomic mass is 10.1. The van der Waals surface area contributed by atoms with Gasteiger partial charge >= 0.3 is 5.97 Å². The van der Waals surface area contributed by atoms with Crippen LogP contribution in [0.5, 0.6) is 0 Å². The molecule has 4 heteroatoms. The number of hydrogen-bond acceptors (Lipinski definition) is 3. The summed E-state index contributed by atoms with van der Waals surface area (Å²) in [7, 11) is 0. The quantitative estimate of drug-likeness (QED) is 0.654. The second kappa shape index (κ2) is 5.86. The molecule has 0 amide bonds. The molecule has 1 heterocycles. The molecule has 1 N–H and O–H groups in total. The number of benzene rings is 1. The maximum Gasteiger partial charge on any atom is 0.328 e. The Bertz CT molecular complexity index is 875. The second-order valence-corrected chi connectivity index (χ2v) is 6.82. The minimum atomic E-state index is -0.932. The average molecular weight is 320 g/mol. The Kier molecular flexibility index (Phi) is 3.68. The molecule has 0 atom stereocenters. The van der Waals surface area contributed by atoms with Crippen LogP contribution in [0.2, 0.25) is 0 Å². The van der Waals surface area contributed by atoms with Gasteiger partial charge < -0.3 is 5.11 Å². The van der Waals surface area contributed by atoms with Crippen molar-refractivity contribution < 1.29 is 9.90 Å². The van der Waals surface area contributed by atoms with Crippen LogP contribution < -0.4 is 0 Å². The van der Waals surface area contributed by atoms with Crippen LogP contribution in [0.1, 0.15) is 61.4 Å². The zero-order valence-corrected chi connectivity index (χ0v) is 13.7. The average Bonchev–Trinajstić information content (AvgIpc) is 3.44. The van der Waals surface area contributed by atoms with Crippen LogP contribution >= 0.6 is 0 Å². The number of hydrogen-bond donors (Lipinski definition) is 1. The van der Waals surface area contributed by atoms with Crippen LogP contribution in [0.3, 0.4) is 0 Å². The van der Waals surface area contributed by atoms with Gasteiger partial charge in [0, 0.05) is 12.0 Å². The molecule has 122 valence electrons. The number of carboxylic acid groups (broad SMARTS) is 1. The molecule has 24 heavy (non-hydrogen) atoms. The second-order valence-electron chi connectivity index (χ2n) is 6.82. The lowest BCUT2D eigenvalue weighted by molar-refractivity contribution is -0.131. The summed E-state index contributed by atoms with van der Waals surface area (Å²) < 4.78 is 0. The number of para-hydroxylation sites is 1. The number of aliphatic carboxylic acids is 1. The van der Waals surface area contributed by atoms with Gasteiger partial charge in [0.05, 0.1) is 22.4 Å². The minimum absolute atomic E-state index is 0.498. The molecule has 2 aliphatic rings. The van der Waals surface area contributed by atoms with E-state index >= 15 is 0 Å². The Morgan fingerprint density at radius 3 is 2.58 bits per heavy atom. The molecule has 4 nitrogen and oxygen atoms in total. The molecule has 2 fully saturated rings. The van der Waals surface area contributed by atoms with Gasteiger partial charge in [-0.25, -0.2) is 14.8 Å². The minimum Gasteiger partial charge on any atom is -0.478 e. The first-order chi connectivity index (χ1) is 11.6. The summed E-state index contributed by atoms with van der Waals surface area (Å²) in [5.74, 6) is 0.216. The van der Waals surface area contributed by atoms with Crippen molar-refractivity contribution in [1.82, 2.24) is 9.97 Å². The lowest BCUT2D eigenvalue weighted by Gasteiger charge is -2.09. The third-order valence-corrected chi connectivity index (χ3v) is 4.62. The molecule has 1 aromatic heterocycles. The van der Waals surface area contributed by atoms with Crippen LogP contribution in [0.15, 0.2) is 35.9 Å². The summed E-state index contributed by atoms with van der Waals surface area (Å²) >= 11 is 0. The van der Waals surface area contributed by atoms with Crippen molar-refractivity contribution >= 4 is 23.1 Å². The van der Waals surface area contributed by atoms with E-state index in [1.807, 2.05) is 12.1 Å². The van der Waals surface area contributed by atoms with E-state index in [9.17, 15) is 4.79 Å². The van der Waals surface area contributed by atoms with Gasteiger partial charge in [0.2, 0.25) is 0 Å². The predicted molar refractivity (Wildman–Crippen MR) is 93.9 cm³/mol. The predicted octanol–water partition coefficient (Wildman–Crippen LogP) is 4.43. The molecule has 0 radical (unpaired) electrons. The number of fused-ring (bicyclic) bond motifs is 1. The van der Waals surface area contributed by atoms with Crippen LogP contribution in [0, 0.1) is 0 Å². The molecule has 0 bridgehead atoms. The van der Waals surface area contributed by atoms with Crippen molar-refractivity contribution in [2.75, 3.05) is 0 Å². The zero-order valence-electron chi connectivity index (χ0n) is 13.7. The van der Waals surface area contributed by atoms with E-state index in [4.69, 9.17) is 15.1 Å². The number of allylic oxidation sites excluding steroid dienone is 2. The molecule has 2 aliphatic carbocycles. The molecular formula is C20H20N2O2. The van der Waals surface area contributed by atoms with Gasteiger partial charge in [0.15, 0.2) is 0 Å². The first kappa shape index (κ1) is 15.1. The van der Waals surface area contributed by atoms with Gasteiger partial charge in [-0.05, 0) is 61.8 Å². The van der Waals surface area contributed by atoms with E-state index in [1.165, 1.54) is 24.5 Å². The van der Waals surface area contributed by atoms with Crippen molar-refractivity contribution in [3.8, 4) is 0 Å². The van der Waals surface area contributed by atoms with Crippen LogP contribution in [-0.4, -0.2) is 21.0 Å². The van der Waals surface area contributed by atoms with Gasteiger partial charge in [0.25, 0.3) is 0 Å². The molecule has 0 unspecified atom stereocenters. The first-order valence-electron chi connectivity index (χ1n) is 8.51. The molecule has 0 saturated heterocycles. The van der Waals surface area contributed by atoms with E-state index in [2.05, 4.69) is 12.1 Å². The zero-order chi connectivity index (χ0) is 16.7. The van der Waals surface area contributed by atoms with Crippen molar-refractivity contribution in [3.63, 3.8) is 0 Å². The fourth-order valence-electron chi connectivity index (χ4n) is 3.08. The topological polar surface area (TPSA) is 63.1 Å². The van der Waals surface area contributed by atoms with Crippen molar-refractivity contribution in [2.45, 2.75) is 44.4 Å². The number of carbonyl (C=O) groups is 1. The number of rotatable bonds is 5. The van der Waals surface area contributed by atoms with Crippen LogP contribution in [-0.2, 0) is 4.79 Å². The van der Waals surface area contributed by atoms with E-state index in [0.717, 1.165) is 35.3 Å². The Balaban J connectivity index is 1.78. The Morgan fingerprint density at radius 1 is 1.17 bits per heavy atom. The summed E-state index contributed by atoms with van der Waals surface area (Å²) in [4.78, 5) is 20.6. The summed E-state index contributed by atoms with van der Waals surface area (Å²) in [6.45, 7) is 1.78. The highest BCUT2D eigenvalue weighted by atomic mass is 16.4. The summed E-state index contributed by atoms with van der Waals surface area (Å²) in [5.41, 5.74) is 5.95.